The lowest BCUT2D eigenvalue weighted by atomic mass is 9.96. The van der Waals surface area contributed by atoms with E-state index in [-0.39, 0.29) is 5.56 Å². The van der Waals surface area contributed by atoms with Crippen LogP contribution in [-0.4, -0.2) is 24.8 Å². The van der Waals surface area contributed by atoms with E-state index >= 15 is 0 Å². The number of methoxy groups -OCH3 is 2. The van der Waals surface area contributed by atoms with Gasteiger partial charge in [-0.2, -0.15) is 0 Å². The van der Waals surface area contributed by atoms with Gasteiger partial charge in [-0.3, -0.25) is 9.36 Å². The molecule has 0 aliphatic carbocycles. The fraction of sp³-hybridized carbons (Fsp3) is 0.208. The van der Waals surface area contributed by atoms with E-state index in [0.29, 0.717) is 26.4 Å². The number of carbonyl (C=O) groups is 1. The molecule has 1 aliphatic heterocycles. The second kappa shape index (κ2) is 8.35. The van der Waals surface area contributed by atoms with E-state index in [9.17, 15) is 9.59 Å². The van der Waals surface area contributed by atoms with Crippen LogP contribution in [0.15, 0.2) is 69.6 Å². The maximum Gasteiger partial charge on any atom is 0.338 e. The molecular weight excluding hydrogens is 412 g/mol. The third-order valence-corrected chi connectivity index (χ3v) is 6.22. The molecule has 0 amide bonds. The lowest BCUT2D eigenvalue weighted by Gasteiger charge is -2.24. The summed E-state index contributed by atoms with van der Waals surface area (Å²) in [4.78, 5) is 31.2. The van der Waals surface area contributed by atoms with Gasteiger partial charge in [0.2, 0.25) is 0 Å². The standard InChI is InChI=1S/C24H22N2O4S/c1-14-5-7-16(8-6-14)13-19-22(27)26-21(17-9-11-18(29-3)12-10-17)20(23(28)30-4)15(2)25-24(26)31-19/h5-13,21H,1-4H3. The highest BCUT2D eigenvalue weighted by Crippen LogP contribution is 2.31. The molecule has 1 aromatic heterocycles. The highest BCUT2D eigenvalue weighted by molar-refractivity contribution is 7.07. The number of carbonyl (C=O) groups excluding carboxylic acids is 1. The van der Waals surface area contributed by atoms with Crippen molar-refractivity contribution in [3.05, 3.63) is 96.2 Å². The van der Waals surface area contributed by atoms with Crippen molar-refractivity contribution in [3.8, 4) is 5.75 Å². The lowest BCUT2D eigenvalue weighted by Crippen LogP contribution is -2.39. The van der Waals surface area contributed by atoms with Crippen molar-refractivity contribution in [1.82, 2.24) is 4.57 Å². The first kappa shape index (κ1) is 20.8. The van der Waals surface area contributed by atoms with Gasteiger partial charge in [0.1, 0.15) is 5.75 Å². The van der Waals surface area contributed by atoms with Gasteiger partial charge < -0.3 is 9.47 Å². The molecular formula is C24H22N2O4S. The zero-order valence-corrected chi connectivity index (χ0v) is 18.5. The van der Waals surface area contributed by atoms with Crippen molar-refractivity contribution in [2.75, 3.05) is 14.2 Å². The quantitative estimate of drug-likeness (QED) is 0.592. The molecule has 2 aromatic carbocycles. The lowest BCUT2D eigenvalue weighted by molar-refractivity contribution is -0.136. The Labute approximate surface area is 183 Å². The van der Waals surface area contributed by atoms with E-state index in [1.54, 1.807) is 18.6 Å². The highest BCUT2D eigenvalue weighted by atomic mass is 32.1. The molecule has 0 saturated heterocycles. The Kier molecular flexibility index (Phi) is 5.61. The van der Waals surface area contributed by atoms with Crippen molar-refractivity contribution >= 4 is 23.4 Å². The van der Waals surface area contributed by atoms with Gasteiger partial charge in [0, 0.05) is 0 Å². The van der Waals surface area contributed by atoms with Crippen LogP contribution in [-0.2, 0) is 9.53 Å². The van der Waals surface area contributed by atoms with Crippen LogP contribution in [0, 0.1) is 6.92 Å². The van der Waals surface area contributed by atoms with Gasteiger partial charge in [0.25, 0.3) is 5.56 Å². The number of ether oxygens (including phenoxy) is 2. The van der Waals surface area contributed by atoms with Gasteiger partial charge in [-0.1, -0.05) is 53.3 Å². The molecule has 1 atom stereocenters. The minimum atomic E-state index is -0.630. The topological polar surface area (TPSA) is 69.9 Å². The highest BCUT2D eigenvalue weighted by Gasteiger charge is 2.33. The van der Waals surface area contributed by atoms with Crippen molar-refractivity contribution in [3.63, 3.8) is 0 Å². The van der Waals surface area contributed by atoms with Crippen molar-refractivity contribution in [1.29, 1.82) is 0 Å². The van der Waals surface area contributed by atoms with E-state index in [0.717, 1.165) is 16.7 Å². The van der Waals surface area contributed by atoms with Gasteiger partial charge >= 0.3 is 5.97 Å². The number of benzene rings is 2. The number of rotatable bonds is 4. The molecule has 31 heavy (non-hydrogen) atoms. The van der Waals surface area contributed by atoms with Crippen LogP contribution in [0.1, 0.15) is 29.7 Å². The van der Waals surface area contributed by atoms with E-state index in [1.165, 1.54) is 18.4 Å². The summed E-state index contributed by atoms with van der Waals surface area (Å²) in [7, 11) is 2.92. The van der Waals surface area contributed by atoms with Gasteiger partial charge in [0.15, 0.2) is 4.80 Å². The fourth-order valence-electron chi connectivity index (χ4n) is 3.61. The van der Waals surface area contributed by atoms with Crippen LogP contribution in [0.3, 0.4) is 0 Å². The Morgan fingerprint density at radius 1 is 1.06 bits per heavy atom. The van der Waals surface area contributed by atoms with E-state index in [2.05, 4.69) is 4.99 Å². The Morgan fingerprint density at radius 3 is 2.35 bits per heavy atom. The fourth-order valence-corrected chi connectivity index (χ4v) is 4.65. The van der Waals surface area contributed by atoms with Crippen molar-refractivity contribution < 1.29 is 14.3 Å². The minimum absolute atomic E-state index is 0.195. The van der Waals surface area contributed by atoms with Gasteiger partial charge in [-0.15, -0.1) is 0 Å². The first-order chi connectivity index (χ1) is 14.9. The number of fused-ring (bicyclic) bond motifs is 1. The number of allylic oxidation sites excluding steroid dienone is 1. The average Bonchev–Trinajstić information content (AvgIpc) is 3.08. The van der Waals surface area contributed by atoms with Gasteiger partial charge in [0.05, 0.1) is 36.1 Å². The molecule has 0 bridgehead atoms. The third-order valence-electron chi connectivity index (χ3n) is 5.23. The number of aryl methyl sites for hydroxylation is 1. The molecule has 3 aromatic rings. The third kappa shape index (κ3) is 3.84. The molecule has 0 N–H and O–H groups in total. The summed E-state index contributed by atoms with van der Waals surface area (Å²) in [5, 5.41) is 0. The molecule has 4 rings (SSSR count). The normalized spacial score (nSPS) is 16.0. The molecule has 1 aliphatic rings. The smallest absolute Gasteiger partial charge is 0.338 e. The number of nitrogens with zero attached hydrogens (tertiary/aromatic N) is 2. The number of hydrogen-bond donors (Lipinski definition) is 0. The summed E-state index contributed by atoms with van der Waals surface area (Å²) < 4.78 is 12.4. The predicted molar refractivity (Wildman–Crippen MR) is 120 cm³/mol. The van der Waals surface area contributed by atoms with E-state index in [4.69, 9.17) is 9.47 Å². The summed E-state index contributed by atoms with van der Waals surface area (Å²) >= 11 is 1.31. The summed E-state index contributed by atoms with van der Waals surface area (Å²) in [5.74, 6) is 0.186. The van der Waals surface area contributed by atoms with Crippen molar-refractivity contribution in [2.45, 2.75) is 19.9 Å². The van der Waals surface area contributed by atoms with Crippen LogP contribution >= 0.6 is 11.3 Å². The van der Waals surface area contributed by atoms with Crippen molar-refractivity contribution in [2.24, 2.45) is 4.99 Å². The summed E-state index contributed by atoms with van der Waals surface area (Å²) in [6.45, 7) is 3.78. The maximum absolute atomic E-state index is 13.4. The molecule has 2 heterocycles. The van der Waals surface area contributed by atoms with Gasteiger partial charge in [-0.25, -0.2) is 9.79 Å². The van der Waals surface area contributed by atoms with Crippen LogP contribution in [0.4, 0.5) is 0 Å². The Bertz CT molecular complexity index is 1350. The second-order valence-electron chi connectivity index (χ2n) is 7.26. The zero-order chi connectivity index (χ0) is 22.1. The summed E-state index contributed by atoms with van der Waals surface area (Å²) in [6, 6.07) is 14.6. The zero-order valence-electron chi connectivity index (χ0n) is 17.7. The van der Waals surface area contributed by atoms with Crippen LogP contribution in [0.5, 0.6) is 5.75 Å². The first-order valence-electron chi connectivity index (χ1n) is 9.74. The molecule has 0 radical (unpaired) electrons. The minimum Gasteiger partial charge on any atom is -0.497 e. The Balaban J connectivity index is 1.94. The molecule has 0 saturated carbocycles. The Morgan fingerprint density at radius 2 is 1.74 bits per heavy atom. The van der Waals surface area contributed by atoms with Crippen LogP contribution in [0.2, 0.25) is 0 Å². The summed E-state index contributed by atoms with van der Waals surface area (Å²) in [6.07, 6.45) is 1.85. The molecule has 158 valence electrons. The maximum atomic E-state index is 13.4. The number of aromatic nitrogens is 1. The monoisotopic (exact) mass is 434 g/mol. The SMILES string of the molecule is COC(=O)C1=C(C)N=c2sc(=Cc3ccc(C)cc3)c(=O)n2C1c1ccc(OC)cc1. The molecule has 7 heteroatoms. The largest absolute Gasteiger partial charge is 0.497 e. The number of hydrogen-bond acceptors (Lipinski definition) is 6. The molecule has 6 nitrogen and oxygen atoms in total. The average molecular weight is 435 g/mol. The first-order valence-corrected chi connectivity index (χ1v) is 10.6. The molecule has 0 fully saturated rings. The second-order valence-corrected chi connectivity index (χ2v) is 8.27. The van der Waals surface area contributed by atoms with Gasteiger partial charge in [-0.05, 0) is 43.2 Å². The summed E-state index contributed by atoms with van der Waals surface area (Å²) in [5.41, 5.74) is 3.55. The molecule has 1 unspecified atom stereocenters. The van der Waals surface area contributed by atoms with E-state index < -0.39 is 12.0 Å². The number of thiazole rings is 1. The molecule has 0 spiro atoms. The van der Waals surface area contributed by atoms with Crippen LogP contribution in [0.25, 0.3) is 6.08 Å². The van der Waals surface area contributed by atoms with E-state index in [1.807, 2.05) is 61.5 Å². The van der Waals surface area contributed by atoms with Crippen LogP contribution < -0.4 is 19.6 Å². The predicted octanol–water partition coefficient (Wildman–Crippen LogP) is 2.73. The number of esters is 1. The Hall–Kier alpha value is -3.45.